The van der Waals surface area contributed by atoms with Crippen LogP contribution in [-0.4, -0.2) is 32.2 Å². The second-order valence-corrected chi connectivity index (χ2v) is 3.26. The van der Waals surface area contributed by atoms with Crippen LogP contribution in [0.4, 0.5) is 0 Å². The van der Waals surface area contributed by atoms with Gasteiger partial charge in [-0.05, 0) is 39.4 Å². The Morgan fingerprint density at radius 2 is 2.18 bits per heavy atom. The van der Waals surface area contributed by atoms with Gasteiger partial charge in [0.2, 0.25) is 0 Å². The Labute approximate surface area is 68.7 Å². The summed E-state index contributed by atoms with van der Waals surface area (Å²) < 4.78 is 0. The summed E-state index contributed by atoms with van der Waals surface area (Å²) in [7, 11) is 1.98. The normalized spacial score (nSPS) is 30.0. The van der Waals surface area contributed by atoms with E-state index in [2.05, 4.69) is 10.6 Å². The second kappa shape index (κ2) is 4.70. The smallest absolute Gasteiger partial charge is 0.0219 e. The number of rotatable bonds is 5. The molecular weight excluding hydrogens is 138 g/mol. The zero-order chi connectivity index (χ0) is 8.10. The average Bonchev–Trinajstić information content (AvgIpc) is 2.02. The van der Waals surface area contributed by atoms with Gasteiger partial charge in [0.25, 0.3) is 0 Å². The fourth-order valence-corrected chi connectivity index (χ4v) is 1.33. The Hall–Kier alpha value is -0.120. The van der Waals surface area contributed by atoms with Crippen molar-refractivity contribution >= 4 is 0 Å². The first kappa shape index (κ1) is 8.97. The van der Waals surface area contributed by atoms with Crippen LogP contribution in [0.1, 0.15) is 19.3 Å². The quantitative estimate of drug-likeness (QED) is 0.479. The summed E-state index contributed by atoms with van der Waals surface area (Å²) in [6.45, 7) is 2.19. The molecule has 0 aromatic heterocycles. The molecule has 3 heteroatoms. The summed E-state index contributed by atoms with van der Waals surface area (Å²) >= 11 is 0. The van der Waals surface area contributed by atoms with E-state index in [4.69, 9.17) is 5.73 Å². The summed E-state index contributed by atoms with van der Waals surface area (Å²) in [6, 6.07) is 1.02. The van der Waals surface area contributed by atoms with Crippen molar-refractivity contribution in [3.63, 3.8) is 0 Å². The Balaban J connectivity index is 1.87. The van der Waals surface area contributed by atoms with Crippen molar-refractivity contribution < 1.29 is 0 Å². The van der Waals surface area contributed by atoms with Crippen molar-refractivity contribution in [3.8, 4) is 0 Å². The maximum absolute atomic E-state index is 5.76. The van der Waals surface area contributed by atoms with Crippen molar-refractivity contribution in [2.75, 3.05) is 20.1 Å². The molecule has 0 saturated heterocycles. The van der Waals surface area contributed by atoms with Gasteiger partial charge in [-0.25, -0.2) is 0 Å². The van der Waals surface area contributed by atoms with Crippen LogP contribution in [0.5, 0.6) is 0 Å². The summed E-state index contributed by atoms with van der Waals surface area (Å²) in [4.78, 5) is 0. The average molecular weight is 157 g/mol. The van der Waals surface area contributed by atoms with Crippen LogP contribution in [0.15, 0.2) is 0 Å². The zero-order valence-electron chi connectivity index (χ0n) is 7.27. The van der Waals surface area contributed by atoms with Crippen molar-refractivity contribution in [2.45, 2.75) is 31.3 Å². The van der Waals surface area contributed by atoms with Gasteiger partial charge in [0.1, 0.15) is 0 Å². The van der Waals surface area contributed by atoms with E-state index in [1.54, 1.807) is 0 Å². The van der Waals surface area contributed by atoms with Crippen LogP contribution in [0.2, 0.25) is 0 Å². The molecule has 1 fully saturated rings. The lowest BCUT2D eigenvalue weighted by molar-refractivity contribution is 0.285. The first-order chi connectivity index (χ1) is 5.34. The van der Waals surface area contributed by atoms with E-state index >= 15 is 0 Å². The van der Waals surface area contributed by atoms with Gasteiger partial charge in [0.15, 0.2) is 0 Å². The van der Waals surface area contributed by atoms with Gasteiger partial charge in [-0.15, -0.1) is 0 Å². The Kier molecular flexibility index (Phi) is 3.83. The van der Waals surface area contributed by atoms with Gasteiger partial charge < -0.3 is 16.4 Å². The molecule has 0 spiro atoms. The predicted octanol–water partition coefficient (Wildman–Crippen LogP) is -0.325. The molecule has 0 amide bonds. The highest BCUT2D eigenvalue weighted by atomic mass is 15.0. The molecule has 0 heterocycles. The molecule has 2 atom stereocenters. The van der Waals surface area contributed by atoms with Crippen LogP contribution < -0.4 is 16.4 Å². The third-order valence-corrected chi connectivity index (χ3v) is 2.34. The summed E-state index contributed by atoms with van der Waals surface area (Å²) in [5.74, 6) is 0. The third-order valence-electron chi connectivity index (χ3n) is 2.34. The van der Waals surface area contributed by atoms with Crippen molar-refractivity contribution in [1.29, 1.82) is 0 Å². The highest BCUT2D eigenvalue weighted by Gasteiger charge is 2.25. The molecule has 2 unspecified atom stereocenters. The summed E-state index contributed by atoms with van der Waals surface area (Å²) in [5, 5.41) is 6.56. The maximum Gasteiger partial charge on any atom is 0.0219 e. The van der Waals surface area contributed by atoms with Crippen LogP contribution in [0.25, 0.3) is 0 Å². The van der Waals surface area contributed by atoms with Gasteiger partial charge >= 0.3 is 0 Å². The first-order valence-electron chi connectivity index (χ1n) is 4.48. The number of hydrogen-bond donors (Lipinski definition) is 3. The van der Waals surface area contributed by atoms with Gasteiger partial charge in [-0.1, -0.05) is 0 Å². The van der Waals surface area contributed by atoms with Crippen molar-refractivity contribution in [3.05, 3.63) is 0 Å². The van der Waals surface area contributed by atoms with Crippen LogP contribution in [0, 0.1) is 0 Å². The molecule has 0 radical (unpaired) electrons. The van der Waals surface area contributed by atoms with E-state index < -0.39 is 0 Å². The highest BCUT2D eigenvalue weighted by molar-refractivity contribution is 4.89. The minimum absolute atomic E-state index is 0.421. The van der Waals surface area contributed by atoms with E-state index in [0.29, 0.717) is 12.1 Å². The van der Waals surface area contributed by atoms with Crippen molar-refractivity contribution in [1.82, 2.24) is 10.6 Å². The third kappa shape index (κ3) is 2.77. The van der Waals surface area contributed by atoms with Gasteiger partial charge in [0, 0.05) is 12.1 Å². The highest BCUT2D eigenvalue weighted by Crippen LogP contribution is 2.16. The molecule has 1 rings (SSSR count). The van der Waals surface area contributed by atoms with Crippen LogP contribution in [0.3, 0.4) is 0 Å². The molecule has 11 heavy (non-hydrogen) atoms. The van der Waals surface area contributed by atoms with E-state index in [1.165, 1.54) is 19.3 Å². The van der Waals surface area contributed by atoms with Gasteiger partial charge in [0.05, 0.1) is 0 Å². The molecule has 0 aliphatic heterocycles. The van der Waals surface area contributed by atoms with Gasteiger partial charge in [-0.2, -0.15) is 0 Å². The summed E-state index contributed by atoms with van der Waals surface area (Å²) in [5.41, 5.74) is 5.76. The minimum Gasteiger partial charge on any atom is -0.326 e. The molecule has 66 valence electrons. The van der Waals surface area contributed by atoms with E-state index in [1.807, 2.05) is 7.05 Å². The largest absolute Gasteiger partial charge is 0.326 e. The molecular formula is C8H19N3. The molecule has 0 aromatic rings. The lowest BCUT2D eigenvalue weighted by Crippen LogP contribution is -2.53. The maximum atomic E-state index is 5.76. The fourth-order valence-electron chi connectivity index (χ4n) is 1.33. The number of nitrogens with one attached hydrogen (secondary N) is 2. The van der Waals surface area contributed by atoms with Gasteiger partial charge in [-0.3, -0.25) is 0 Å². The number of nitrogens with two attached hydrogens (primary N) is 1. The monoisotopic (exact) mass is 157 g/mol. The lowest BCUT2D eigenvalue weighted by Gasteiger charge is -2.34. The van der Waals surface area contributed by atoms with E-state index in [-0.39, 0.29) is 0 Å². The molecule has 1 saturated carbocycles. The predicted molar refractivity (Wildman–Crippen MR) is 47.5 cm³/mol. The topological polar surface area (TPSA) is 50.1 Å². The summed E-state index contributed by atoms with van der Waals surface area (Å²) in [6.07, 6.45) is 3.66. The Morgan fingerprint density at radius 3 is 2.64 bits per heavy atom. The van der Waals surface area contributed by atoms with E-state index in [9.17, 15) is 0 Å². The number of hydrogen-bond acceptors (Lipinski definition) is 3. The second-order valence-electron chi connectivity index (χ2n) is 3.26. The molecule has 0 aromatic carbocycles. The molecule has 3 nitrogen and oxygen atoms in total. The van der Waals surface area contributed by atoms with Crippen molar-refractivity contribution in [2.24, 2.45) is 5.73 Å². The Bertz CT molecular complexity index is 106. The molecule has 4 N–H and O–H groups in total. The zero-order valence-corrected chi connectivity index (χ0v) is 7.27. The lowest BCUT2D eigenvalue weighted by atomic mass is 9.87. The van der Waals surface area contributed by atoms with Crippen LogP contribution >= 0.6 is 0 Å². The molecule has 1 aliphatic carbocycles. The Morgan fingerprint density at radius 1 is 1.36 bits per heavy atom. The molecule has 1 aliphatic rings. The first-order valence-corrected chi connectivity index (χ1v) is 4.48. The fraction of sp³-hybridized carbons (Fsp3) is 1.00. The molecule has 0 bridgehead atoms. The standard InChI is InChI=1S/C8H19N3/c1-10-5-2-6-11-8-4-3-7(8)9/h7-8,10-11H,2-6,9H2,1H3. The SMILES string of the molecule is CNCCCNC1CCC1N. The van der Waals surface area contributed by atoms with Crippen LogP contribution in [-0.2, 0) is 0 Å². The minimum atomic E-state index is 0.421. The van der Waals surface area contributed by atoms with E-state index in [0.717, 1.165) is 13.1 Å².